The summed E-state index contributed by atoms with van der Waals surface area (Å²) in [5.41, 5.74) is 10.1. The number of hydrogen-bond donors (Lipinski definition) is 1. The Balaban J connectivity index is 1.76. The lowest BCUT2D eigenvalue weighted by molar-refractivity contribution is 0.224. The zero-order chi connectivity index (χ0) is 14.4. The number of fused-ring (bicyclic) bond motifs is 2. The van der Waals surface area contributed by atoms with E-state index in [2.05, 4.69) is 28.8 Å². The first-order valence-corrected chi connectivity index (χ1v) is 7.16. The van der Waals surface area contributed by atoms with E-state index in [9.17, 15) is 0 Å². The zero-order valence-electron chi connectivity index (χ0n) is 11.9. The molecule has 3 aromatic rings. The number of ether oxygens (including phenoxy) is 1. The maximum absolute atomic E-state index is 6.05. The van der Waals surface area contributed by atoms with Crippen molar-refractivity contribution in [2.24, 2.45) is 12.8 Å². The molecule has 0 aliphatic carbocycles. The molecule has 1 aliphatic rings. The molecule has 4 rings (SSSR count). The molecule has 0 amide bonds. The van der Waals surface area contributed by atoms with E-state index in [1.165, 1.54) is 5.56 Å². The molecule has 4 nitrogen and oxygen atoms in total. The molecule has 0 saturated heterocycles. The number of aryl methyl sites for hydroxylation is 1. The summed E-state index contributed by atoms with van der Waals surface area (Å²) in [6.07, 6.45) is 0.859. The van der Waals surface area contributed by atoms with Crippen LogP contribution in [0.25, 0.3) is 11.0 Å². The van der Waals surface area contributed by atoms with Gasteiger partial charge >= 0.3 is 0 Å². The number of rotatable bonds is 2. The van der Waals surface area contributed by atoms with E-state index in [4.69, 9.17) is 15.5 Å². The molecular weight excluding hydrogens is 262 g/mol. The Hall–Kier alpha value is -2.33. The predicted molar refractivity (Wildman–Crippen MR) is 82.1 cm³/mol. The number of imidazole rings is 1. The number of nitrogens with two attached hydrogens (primary N) is 1. The molecule has 0 saturated carbocycles. The van der Waals surface area contributed by atoms with Crippen LogP contribution >= 0.6 is 0 Å². The van der Waals surface area contributed by atoms with Crippen LogP contribution in [-0.4, -0.2) is 9.55 Å². The Morgan fingerprint density at radius 1 is 1.29 bits per heavy atom. The molecule has 2 heterocycles. The van der Waals surface area contributed by atoms with E-state index in [1.807, 2.05) is 25.2 Å². The molecule has 2 N–H and O–H groups in total. The largest absolute Gasteiger partial charge is 0.482 e. The Labute approximate surface area is 123 Å². The van der Waals surface area contributed by atoms with Crippen LogP contribution in [0.5, 0.6) is 5.75 Å². The summed E-state index contributed by atoms with van der Waals surface area (Å²) in [6.45, 7) is 0.535. The molecule has 0 bridgehead atoms. The van der Waals surface area contributed by atoms with E-state index in [1.54, 1.807) is 0 Å². The van der Waals surface area contributed by atoms with Crippen LogP contribution in [0.2, 0.25) is 0 Å². The van der Waals surface area contributed by atoms with E-state index >= 15 is 0 Å². The van der Waals surface area contributed by atoms with Crippen LogP contribution in [0.4, 0.5) is 0 Å². The van der Waals surface area contributed by atoms with Crippen LogP contribution in [0.3, 0.4) is 0 Å². The van der Waals surface area contributed by atoms with Crippen molar-refractivity contribution >= 4 is 11.0 Å². The van der Waals surface area contributed by atoms with Crippen molar-refractivity contribution in [2.75, 3.05) is 0 Å². The van der Waals surface area contributed by atoms with Gasteiger partial charge in [-0.1, -0.05) is 24.3 Å². The second-order valence-corrected chi connectivity index (χ2v) is 5.47. The van der Waals surface area contributed by atoms with E-state index in [0.717, 1.165) is 34.6 Å². The quantitative estimate of drug-likeness (QED) is 0.784. The average Bonchev–Trinajstić information content (AvgIpc) is 3.08. The third-order valence-electron chi connectivity index (χ3n) is 4.15. The van der Waals surface area contributed by atoms with E-state index < -0.39 is 0 Å². The minimum atomic E-state index is -0.0128. The first kappa shape index (κ1) is 12.4. The van der Waals surface area contributed by atoms with Gasteiger partial charge < -0.3 is 15.0 Å². The lowest BCUT2D eigenvalue weighted by Gasteiger charge is -2.10. The van der Waals surface area contributed by atoms with Gasteiger partial charge in [0, 0.05) is 20.0 Å². The fourth-order valence-electron chi connectivity index (χ4n) is 3.01. The maximum atomic E-state index is 6.05. The summed E-state index contributed by atoms with van der Waals surface area (Å²) in [4.78, 5) is 4.77. The van der Waals surface area contributed by atoms with Crippen molar-refractivity contribution in [1.82, 2.24) is 9.55 Å². The molecule has 2 aromatic carbocycles. The van der Waals surface area contributed by atoms with E-state index in [-0.39, 0.29) is 6.10 Å². The van der Waals surface area contributed by atoms with Crippen LogP contribution in [0, 0.1) is 0 Å². The Bertz CT molecular complexity index is 797. The topological polar surface area (TPSA) is 53.1 Å². The molecule has 1 aliphatic heterocycles. The molecule has 1 aromatic heterocycles. The highest BCUT2D eigenvalue weighted by Gasteiger charge is 2.28. The third-order valence-corrected chi connectivity index (χ3v) is 4.15. The van der Waals surface area contributed by atoms with Crippen molar-refractivity contribution in [1.29, 1.82) is 0 Å². The molecule has 0 spiro atoms. The van der Waals surface area contributed by atoms with Gasteiger partial charge in [0.1, 0.15) is 5.75 Å². The highest BCUT2D eigenvalue weighted by atomic mass is 16.5. The summed E-state index contributed by atoms with van der Waals surface area (Å²) < 4.78 is 8.17. The smallest absolute Gasteiger partial charge is 0.160 e. The lowest BCUT2D eigenvalue weighted by atomic mass is 10.1. The minimum absolute atomic E-state index is 0.0128. The van der Waals surface area contributed by atoms with Crippen molar-refractivity contribution in [2.45, 2.75) is 19.1 Å². The second-order valence-electron chi connectivity index (χ2n) is 5.47. The SMILES string of the molecule is Cn1c(C2Cc3ccccc3O2)nc2cc(CN)ccc21. The normalized spacial score (nSPS) is 17.0. The number of para-hydroxylation sites is 1. The Morgan fingerprint density at radius 3 is 2.95 bits per heavy atom. The van der Waals surface area contributed by atoms with Gasteiger partial charge in [-0.3, -0.25) is 0 Å². The maximum Gasteiger partial charge on any atom is 0.160 e. The van der Waals surface area contributed by atoms with Crippen molar-refractivity contribution in [3.8, 4) is 5.75 Å². The first-order chi connectivity index (χ1) is 10.3. The lowest BCUT2D eigenvalue weighted by Crippen LogP contribution is -2.09. The molecule has 1 unspecified atom stereocenters. The molecule has 0 radical (unpaired) electrons. The summed E-state index contributed by atoms with van der Waals surface area (Å²) in [6, 6.07) is 14.4. The predicted octanol–water partition coefficient (Wildman–Crippen LogP) is 2.71. The van der Waals surface area contributed by atoms with Gasteiger partial charge in [-0.2, -0.15) is 0 Å². The van der Waals surface area contributed by atoms with Crippen LogP contribution in [0.15, 0.2) is 42.5 Å². The molecule has 106 valence electrons. The molecule has 4 heteroatoms. The van der Waals surface area contributed by atoms with Gasteiger partial charge in [0.2, 0.25) is 0 Å². The van der Waals surface area contributed by atoms with Gasteiger partial charge in [-0.25, -0.2) is 4.98 Å². The van der Waals surface area contributed by atoms with Crippen LogP contribution in [0.1, 0.15) is 23.1 Å². The van der Waals surface area contributed by atoms with Crippen LogP contribution in [-0.2, 0) is 20.0 Å². The summed E-state index contributed by atoms with van der Waals surface area (Å²) in [7, 11) is 2.04. The molecule has 1 atom stereocenters. The van der Waals surface area contributed by atoms with Gasteiger partial charge in [0.05, 0.1) is 11.0 Å². The Morgan fingerprint density at radius 2 is 2.14 bits per heavy atom. The van der Waals surface area contributed by atoms with Crippen LogP contribution < -0.4 is 10.5 Å². The van der Waals surface area contributed by atoms with Gasteiger partial charge in [-0.15, -0.1) is 0 Å². The number of nitrogens with zero attached hydrogens (tertiary/aromatic N) is 2. The molecule has 0 fully saturated rings. The van der Waals surface area contributed by atoms with Crippen molar-refractivity contribution < 1.29 is 4.74 Å². The minimum Gasteiger partial charge on any atom is -0.482 e. The zero-order valence-corrected chi connectivity index (χ0v) is 11.9. The fraction of sp³-hybridized carbons (Fsp3) is 0.235. The first-order valence-electron chi connectivity index (χ1n) is 7.16. The number of benzene rings is 2. The van der Waals surface area contributed by atoms with Gasteiger partial charge in [0.25, 0.3) is 0 Å². The molecular formula is C17H17N3O. The average molecular weight is 279 g/mol. The highest BCUT2D eigenvalue weighted by Crippen LogP contribution is 2.36. The van der Waals surface area contributed by atoms with Crippen molar-refractivity contribution in [3.05, 3.63) is 59.4 Å². The third kappa shape index (κ3) is 1.91. The fourth-order valence-corrected chi connectivity index (χ4v) is 3.01. The summed E-state index contributed by atoms with van der Waals surface area (Å²) in [5, 5.41) is 0. The summed E-state index contributed by atoms with van der Waals surface area (Å²) in [5.74, 6) is 1.94. The number of aromatic nitrogens is 2. The standard InChI is InChI=1S/C17H17N3O/c1-20-14-7-6-11(10-18)8-13(14)19-17(20)16-9-12-4-2-3-5-15(12)21-16/h2-8,16H,9-10,18H2,1H3. The monoisotopic (exact) mass is 279 g/mol. The van der Waals surface area contributed by atoms with Gasteiger partial charge in [0.15, 0.2) is 11.9 Å². The highest BCUT2D eigenvalue weighted by molar-refractivity contribution is 5.77. The van der Waals surface area contributed by atoms with Crippen molar-refractivity contribution in [3.63, 3.8) is 0 Å². The van der Waals surface area contributed by atoms with Gasteiger partial charge in [-0.05, 0) is 29.3 Å². The number of hydrogen-bond acceptors (Lipinski definition) is 3. The van der Waals surface area contributed by atoms with E-state index in [0.29, 0.717) is 6.54 Å². The molecule has 21 heavy (non-hydrogen) atoms. The summed E-state index contributed by atoms with van der Waals surface area (Å²) >= 11 is 0. The second kappa shape index (κ2) is 4.60. The Kier molecular flexibility index (Phi) is 2.72.